The highest BCUT2D eigenvalue weighted by molar-refractivity contribution is 6.06. The second-order valence-corrected chi connectivity index (χ2v) is 4.82. The van der Waals surface area contributed by atoms with Crippen molar-refractivity contribution in [1.82, 2.24) is 9.55 Å². The highest BCUT2D eigenvalue weighted by Gasteiger charge is 2.13. The van der Waals surface area contributed by atoms with E-state index in [4.69, 9.17) is 0 Å². The fourth-order valence-electron chi connectivity index (χ4n) is 2.29. The standard InChI is InChI=1S/C16H15N3O/c1-11-7-8-17-15(9-11)18-16(20)14-10-12-5-3-4-6-13(12)19(14)2/h3-10H,1-2H3,(H,17,18,20). The number of fused-ring (bicyclic) bond motifs is 1. The average Bonchev–Trinajstić information content (AvgIpc) is 2.77. The van der Waals surface area contributed by atoms with Gasteiger partial charge in [0.25, 0.3) is 5.91 Å². The van der Waals surface area contributed by atoms with Crippen molar-refractivity contribution in [1.29, 1.82) is 0 Å². The van der Waals surface area contributed by atoms with Crippen LogP contribution in [0.4, 0.5) is 5.82 Å². The Bertz CT molecular complexity index is 789. The van der Waals surface area contributed by atoms with Crippen molar-refractivity contribution in [2.45, 2.75) is 6.92 Å². The summed E-state index contributed by atoms with van der Waals surface area (Å²) in [5.41, 5.74) is 2.72. The predicted octanol–water partition coefficient (Wildman–Crippen LogP) is 3.13. The van der Waals surface area contributed by atoms with Crippen LogP contribution in [0, 0.1) is 6.92 Å². The molecule has 2 aromatic heterocycles. The third-order valence-corrected chi connectivity index (χ3v) is 3.34. The van der Waals surface area contributed by atoms with Crippen molar-refractivity contribution in [3.05, 3.63) is 59.9 Å². The Kier molecular flexibility index (Phi) is 2.99. The summed E-state index contributed by atoms with van der Waals surface area (Å²) in [4.78, 5) is 16.5. The van der Waals surface area contributed by atoms with Gasteiger partial charge in [0.2, 0.25) is 0 Å². The van der Waals surface area contributed by atoms with Gasteiger partial charge in [-0.15, -0.1) is 0 Å². The van der Waals surface area contributed by atoms with E-state index < -0.39 is 0 Å². The number of pyridine rings is 1. The summed E-state index contributed by atoms with van der Waals surface area (Å²) in [5.74, 6) is 0.419. The number of hydrogen-bond acceptors (Lipinski definition) is 2. The zero-order valence-electron chi connectivity index (χ0n) is 11.4. The molecule has 0 saturated carbocycles. The SMILES string of the molecule is Cc1ccnc(NC(=O)c2cc3ccccc3n2C)c1. The topological polar surface area (TPSA) is 46.9 Å². The lowest BCUT2D eigenvalue weighted by atomic mass is 10.2. The van der Waals surface area contributed by atoms with Gasteiger partial charge in [0.1, 0.15) is 11.5 Å². The molecule has 0 unspecified atom stereocenters. The molecule has 4 heteroatoms. The first-order valence-electron chi connectivity index (χ1n) is 6.43. The minimum Gasteiger partial charge on any atom is -0.340 e. The molecule has 1 amide bonds. The van der Waals surface area contributed by atoms with E-state index in [1.54, 1.807) is 6.20 Å². The number of hydrogen-bond donors (Lipinski definition) is 1. The van der Waals surface area contributed by atoms with E-state index in [9.17, 15) is 4.79 Å². The molecule has 0 spiro atoms. The summed E-state index contributed by atoms with van der Waals surface area (Å²) < 4.78 is 1.89. The van der Waals surface area contributed by atoms with Gasteiger partial charge in [-0.2, -0.15) is 0 Å². The van der Waals surface area contributed by atoms with Gasteiger partial charge >= 0.3 is 0 Å². The zero-order chi connectivity index (χ0) is 14.1. The first-order chi connectivity index (χ1) is 9.65. The molecule has 3 rings (SSSR count). The van der Waals surface area contributed by atoms with Crippen LogP contribution in [0.15, 0.2) is 48.7 Å². The molecule has 0 aliphatic carbocycles. The number of nitrogens with zero attached hydrogens (tertiary/aromatic N) is 2. The third kappa shape index (κ3) is 2.16. The Morgan fingerprint density at radius 1 is 1.20 bits per heavy atom. The van der Waals surface area contributed by atoms with Crippen molar-refractivity contribution in [3.63, 3.8) is 0 Å². The largest absolute Gasteiger partial charge is 0.340 e. The summed E-state index contributed by atoms with van der Waals surface area (Å²) >= 11 is 0. The number of nitrogens with one attached hydrogen (secondary N) is 1. The monoisotopic (exact) mass is 265 g/mol. The fourth-order valence-corrected chi connectivity index (χ4v) is 2.29. The van der Waals surface area contributed by atoms with Gasteiger partial charge in [-0.1, -0.05) is 18.2 Å². The lowest BCUT2D eigenvalue weighted by molar-refractivity contribution is 0.101. The first-order valence-corrected chi connectivity index (χ1v) is 6.43. The molecule has 100 valence electrons. The Labute approximate surface area is 117 Å². The van der Waals surface area contributed by atoms with Gasteiger partial charge in [0, 0.05) is 24.1 Å². The van der Waals surface area contributed by atoms with Crippen LogP contribution in [0.2, 0.25) is 0 Å². The maximum Gasteiger partial charge on any atom is 0.273 e. The van der Waals surface area contributed by atoms with E-state index in [2.05, 4.69) is 10.3 Å². The van der Waals surface area contributed by atoms with Crippen LogP contribution in [0.3, 0.4) is 0 Å². The maximum atomic E-state index is 12.3. The molecular formula is C16H15N3O. The Hall–Kier alpha value is -2.62. The van der Waals surface area contributed by atoms with Crippen LogP contribution in [0.25, 0.3) is 10.9 Å². The number of para-hydroxylation sites is 1. The first kappa shape index (κ1) is 12.4. The van der Waals surface area contributed by atoms with Gasteiger partial charge in [0.15, 0.2) is 0 Å². The van der Waals surface area contributed by atoms with E-state index >= 15 is 0 Å². The van der Waals surface area contributed by atoms with Crippen LogP contribution in [-0.2, 0) is 7.05 Å². The Morgan fingerprint density at radius 3 is 2.75 bits per heavy atom. The van der Waals surface area contributed by atoms with Gasteiger partial charge in [-0.3, -0.25) is 4.79 Å². The van der Waals surface area contributed by atoms with Crippen LogP contribution >= 0.6 is 0 Å². The van der Waals surface area contributed by atoms with Crippen LogP contribution in [-0.4, -0.2) is 15.5 Å². The molecular weight excluding hydrogens is 250 g/mol. The Balaban J connectivity index is 1.95. The number of carbonyl (C=O) groups is 1. The molecule has 2 heterocycles. The van der Waals surface area contributed by atoms with Crippen LogP contribution in [0.1, 0.15) is 16.1 Å². The molecule has 0 bridgehead atoms. The van der Waals surface area contributed by atoms with Crippen molar-refractivity contribution in [2.75, 3.05) is 5.32 Å². The number of aryl methyl sites for hydroxylation is 2. The van der Waals surface area contributed by atoms with Gasteiger partial charge in [-0.25, -0.2) is 4.98 Å². The van der Waals surface area contributed by atoms with E-state index in [0.717, 1.165) is 16.5 Å². The highest BCUT2D eigenvalue weighted by Crippen LogP contribution is 2.19. The van der Waals surface area contributed by atoms with Crippen molar-refractivity contribution in [2.24, 2.45) is 7.05 Å². The molecule has 1 N–H and O–H groups in total. The molecule has 0 aliphatic heterocycles. The summed E-state index contributed by atoms with van der Waals surface area (Å²) in [6, 6.07) is 13.6. The zero-order valence-corrected chi connectivity index (χ0v) is 11.4. The summed E-state index contributed by atoms with van der Waals surface area (Å²) in [6.07, 6.45) is 1.69. The normalized spacial score (nSPS) is 10.7. The minimum atomic E-state index is -0.151. The summed E-state index contributed by atoms with van der Waals surface area (Å²) in [5, 5.41) is 3.88. The second-order valence-electron chi connectivity index (χ2n) is 4.82. The molecule has 4 nitrogen and oxygen atoms in total. The van der Waals surface area contributed by atoms with Crippen molar-refractivity contribution in [3.8, 4) is 0 Å². The van der Waals surface area contributed by atoms with Crippen LogP contribution < -0.4 is 5.32 Å². The van der Waals surface area contributed by atoms with Crippen molar-refractivity contribution < 1.29 is 4.79 Å². The molecule has 1 aromatic carbocycles. The van der Waals surface area contributed by atoms with Crippen molar-refractivity contribution >= 4 is 22.6 Å². The predicted molar refractivity (Wildman–Crippen MR) is 79.8 cm³/mol. The number of amides is 1. The quantitative estimate of drug-likeness (QED) is 0.773. The molecule has 0 saturated heterocycles. The van der Waals surface area contributed by atoms with Crippen LogP contribution in [0.5, 0.6) is 0 Å². The van der Waals surface area contributed by atoms with Gasteiger partial charge in [-0.05, 0) is 36.8 Å². The number of aromatic nitrogens is 2. The molecule has 0 atom stereocenters. The minimum absolute atomic E-state index is 0.151. The van der Waals surface area contributed by atoms with E-state index in [-0.39, 0.29) is 5.91 Å². The lowest BCUT2D eigenvalue weighted by Gasteiger charge is -2.06. The van der Waals surface area contributed by atoms with E-state index in [1.165, 1.54) is 0 Å². The number of benzene rings is 1. The van der Waals surface area contributed by atoms with E-state index in [0.29, 0.717) is 11.5 Å². The smallest absolute Gasteiger partial charge is 0.273 e. The molecule has 3 aromatic rings. The highest BCUT2D eigenvalue weighted by atomic mass is 16.2. The second kappa shape index (κ2) is 4.81. The molecule has 20 heavy (non-hydrogen) atoms. The van der Waals surface area contributed by atoms with E-state index in [1.807, 2.05) is 61.0 Å². The Morgan fingerprint density at radius 2 is 2.00 bits per heavy atom. The maximum absolute atomic E-state index is 12.3. The fraction of sp³-hybridized carbons (Fsp3) is 0.125. The third-order valence-electron chi connectivity index (χ3n) is 3.34. The van der Waals surface area contributed by atoms with Gasteiger partial charge < -0.3 is 9.88 Å². The molecule has 0 aliphatic rings. The summed E-state index contributed by atoms with van der Waals surface area (Å²) in [7, 11) is 1.89. The average molecular weight is 265 g/mol. The number of anilines is 1. The van der Waals surface area contributed by atoms with Gasteiger partial charge in [0.05, 0.1) is 0 Å². The molecule has 0 radical (unpaired) electrons. The number of carbonyl (C=O) groups excluding carboxylic acids is 1. The summed E-state index contributed by atoms with van der Waals surface area (Å²) in [6.45, 7) is 1.97. The lowest BCUT2D eigenvalue weighted by Crippen LogP contribution is -2.16. The molecule has 0 fully saturated rings. The number of rotatable bonds is 2.